The fourth-order valence-corrected chi connectivity index (χ4v) is 6.21. The maximum atomic E-state index is 14.0. The van der Waals surface area contributed by atoms with E-state index in [0.29, 0.717) is 13.1 Å². The first-order valence-electron chi connectivity index (χ1n) is 13.6. The highest BCUT2D eigenvalue weighted by Gasteiger charge is 2.43. The van der Waals surface area contributed by atoms with E-state index < -0.39 is 6.04 Å². The number of hydrogen-bond acceptors (Lipinski definition) is 5. The van der Waals surface area contributed by atoms with Gasteiger partial charge >= 0.3 is 0 Å². The van der Waals surface area contributed by atoms with Crippen LogP contribution in [0.25, 0.3) is 0 Å². The zero-order valence-electron chi connectivity index (χ0n) is 21.2. The number of likely N-dealkylation sites (tertiary alicyclic amines) is 1. The summed E-state index contributed by atoms with van der Waals surface area (Å²) in [6, 6.07) is 5.75. The van der Waals surface area contributed by atoms with Crippen LogP contribution in [0.1, 0.15) is 69.4 Å². The summed E-state index contributed by atoms with van der Waals surface area (Å²) >= 11 is 0. The van der Waals surface area contributed by atoms with Gasteiger partial charge in [0.05, 0.1) is 24.3 Å². The number of ether oxygens (including phenoxy) is 1. The molecule has 2 heterocycles. The Balaban J connectivity index is 1.38. The van der Waals surface area contributed by atoms with Gasteiger partial charge in [-0.2, -0.15) is 0 Å². The fourth-order valence-electron chi connectivity index (χ4n) is 6.21. The quantitative estimate of drug-likeness (QED) is 0.559. The molecule has 1 aromatic carbocycles. The Morgan fingerprint density at radius 3 is 2.60 bits per heavy atom. The molecular formula is C28H40N4O3. The second kappa shape index (κ2) is 10.7. The molecule has 0 radical (unpaired) electrons. The van der Waals surface area contributed by atoms with Gasteiger partial charge < -0.3 is 25.6 Å². The SMILES string of the molecule is CNC(C)C(=O)NC(C(=O)N1CCC2NCC(Oc3ccc4c(c3)CCCC4)=C21)C1CCCCC1. The number of aryl methyl sites for hydroxylation is 2. The molecule has 190 valence electrons. The maximum absolute atomic E-state index is 14.0. The average Bonchev–Trinajstić information content (AvgIpc) is 3.49. The van der Waals surface area contributed by atoms with E-state index in [2.05, 4.69) is 34.1 Å². The largest absolute Gasteiger partial charge is 0.458 e. The molecule has 4 aliphatic rings. The normalized spacial score (nSPS) is 24.1. The van der Waals surface area contributed by atoms with Crippen molar-refractivity contribution >= 4 is 11.8 Å². The Kier molecular flexibility index (Phi) is 7.44. The number of fused-ring (bicyclic) bond motifs is 2. The molecule has 1 saturated carbocycles. The summed E-state index contributed by atoms with van der Waals surface area (Å²) in [7, 11) is 1.77. The van der Waals surface area contributed by atoms with Gasteiger partial charge in [0.2, 0.25) is 11.8 Å². The molecule has 3 unspecified atom stereocenters. The van der Waals surface area contributed by atoms with E-state index in [1.165, 1.54) is 30.4 Å². The first-order chi connectivity index (χ1) is 17.0. The molecule has 1 aromatic rings. The van der Waals surface area contributed by atoms with Crippen molar-refractivity contribution in [2.75, 3.05) is 20.1 Å². The molecule has 5 rings (SSSR count). The number of hydrogen-bond donors (Lipinski definition) is 3. The van der Waals surface area contributed by atoms with E-state index >= 15 is 0 Å². The summed E-state index contributed by atoms with van der Waals surface area (Å²) in [6.45, 7) is 3.11. The molecule has 7 nitrogen and oxygen atoms in total. The van der Waals surface area contributed by atoms with Gasteiger partial charge in [-0.15, -0.1) is 0 Å². The minimum Gasteiger partial charge on any atom is -0.458 e. The second-order valence-corrected chi connectivity index (χ2v) is 10.7. The zero-order valence-corrected chi connectivity index (χ0v) is 21.2. The van der Waals surface area contributed by atoms with E-state index in [4.69, 9.17) is 4.74 Å². The van der Waals surface area contributed by atoms with E-state index in [-0.39, 0.29) is 29.8 Å². The van der Waals surface area contributed by atoms with E-state index in [1.807, 2.05) is 11.8 Å². The molecule has 0 spiro atoms. The van der Waals surface area contributed by atoms with Crippen LogP contribution >= 0.6 is 0 Å². The first kappa shape index (κ1) is 24.3. The molecule has 1 saturated heterocycles. The number of amides is 2. The lowest BCUT2D eigenvalue weighted by Crippen LogP contribution is -2.55. The van der Waals surface area contributed by atoms with E-state index in [9.17, 15) is 9.59 Å². The van der Waals surface area contributed by atoms with Gasteiger partial charge in [0.15, 0.2) is 0 Å². The van der Waals surface area contributed by atoms with Gasteiger partial charge in [0, 0.05) is 6.54 Å². The van der Waals surface area contributed by atoms with Crippen LogP contribution in [0.3, 0.4) is 0 Å². The van der Waals surface area contributed by atoms with Crippen molar-refractivity contribution in [2.45, 2.75) is 89.3 Å². The summed E-state index contributed by atoms with van der Waals surface area (Å²) in [6.07, 6.45) is 11.0. The molecule has 35 heavy (non-hydrogen) atoms. The Bertz CT molecular complexity index is 984. The number of carbonyl (C=O) groups excluding carboxylic acids is 2. The van der Waals surface area contributed by atoms with Crippen molar-refractivity contribution in [1.29, 1.82) is 0 Å². The number of likely N-dealkylation sites (N-methyl/N-ethyl adjacent to an activating group) is 1. The highest BCUT2D eigenvalue weighted by atomic mass is 16.5. The molecule has 2 aliphatic carbocycles. The van der Waals surface area contributed by atoms with Crippen LogP contribution in [0.15, 0.2) is 29.7 Å². The summed E-state index contributed by atoms with van der Waals surface area (Å²) in [5.41, 5.74) is 3.78. The number of benzene rings is 1. The van der Waals surface area contributed by atoms with Crippen molar-refractivity contribution in [3.8, 4) is 5.75 Å². The van der Waals surface area contributed by atoms with Gasteiger partial charge in [-0.25, -0.2) is 0 Å². The van der Waals surface area contributed by atoms with Gasteiger partial charge in [0.1, 0.15) is 17.6 Å². The van der Waals surface area contributed by atoms with Crippen LogP contribution in [0.2, 0.25) is 0 Å². The van der Waals surface area contributed by atoms with Crippen molar-refractivity contribution in [2.24, 2.45) is 5.92 Å². The standard InChI is InChI=1S/C28H40N4O3/c1-18(29-2)27(33)31-25(20-9-4-3-5-10-20)28(34)32-15-14-23-26(32)24(17-30-23)35-22-13-12-19-8-6-7-11-21(19)16-22/h12-13,16,18,20,23,25,29-30H,3-11,14-15,17H2,1-2H3,(H,31,33). The Hall–Kier alpha value is -2.38. The fraction of sp³-hybridized carbons (Fsp3) is 0.643. The molecule has 2 amide bonds. The van der Waals surface area contributed by atoms with Gasteiger partial charge in [0.25, 0.3) is 0 Å². The van der Waals surface area contributed by atoms with Gasteiger partial charge in [-0.1, -0.05) is 25.3 Å². The Morgan fingerprint density at radius 2 is 1.83 bits per heavy atom. The lowest BCUT2D eigenvalue weighted by molar-refractivity contribution is -0.136. The van der Waals surface area contributed by atoms with Crippen molar-refractivity contribution < 1.29 is 14.3 Å². The topological polar surface area (TPSA) is 82.7 Å². The predicted molar refractivity (Wildman–Crippen MR) is 136 cm³/mol. The van der Waals surface area contributed by atoms with Crippen LogP contribution in [0.4, 0.5) is 0 Å². The summed E-state index contributed by atoms with van der Waals surface area (Å²) in [5, 5.41) is 9.65. The molecule has 2 aliphatic heterocycles. The molecule has 3 N–H and O–H groups in total. The molecule has 7 heteroatoms. The predicted octanol–water partition coefficient (Wildman–Crippen LogP) is 3.03. The highest BCUT2D eigenvalue weighted by molar-refractivity contribution is 5.91. The number of carbonyl (C=O) groups is 2. The van der Waals surface area contributed by atoms with Crippen LogP contribution in [-0.2, 0) is 22.4 Å². The van der Waals surface area contributed by atoms with E-state index in [1.54, 1.807) is 7.05 Å². The first-order valence-corrected chi connectivity index (χ1v) is 13.6. The molecule has 2 fully saturated rings. The van der Waals surface area contributed by atoms with Gasteiger partial charge in [-0.05, 0) is 88.1 Å². The lowest BCUT2D eigenvalue weighted by Gasteiger charge is -2.34. The highest BCUT2D eigenvalue weighted by Crippen LogP contribution is 2.35. The van der Waals surface area contributed by atoms with E-state index in [0.717, 1.165) is 62.2 Å². The number of nitrogens with zero attached hydrogens (tertiary/aromatic N) is 1. The Labute approximate surface area is 209 Å². The number of rotatable bonds is 7. The third kappa shape index (κ3) is 5.12. The smallest absolute Gasteiger partial charge is 0.249 e. The zero-order chi connectivity index (χ0) is 24.4. The second-order valence-electron chi connectivity index (χ2n) is 10.7. The molecule has 0 bridgehead atoms. The van der Waals surface area contributed by atoms with Crippen molar-refractivity contribution in [3.63, 3.8) is 0 Å². The molecule has 3 atom stereocenters. The Morgan fingerprint density at radius 1 is 1.06 bits per heavy atom. The molecule has 0 aromatic heterocycles. The minimum atomic E-state index is -0.490. The average molecular weight is 481 g/mol. The molecular weight excluding hydrogens is 440 g/mol. The summed E-state index contributed by atoms with van der Waals surface area (Å²) in [4.78, 5) is 28.7. The van der Waals surface area contributed by atoms with Crippen LogP contribution in [-0.4, -0.2) is 55.0 Å². The van der Waals surface area contributed by atoms with Crippen LogP contribution in [0.5, 0.6) is 5.75 Å². The van der Waals surface area contributed by atoms with Crippen molar-refractivity contribution in [3.05, 3.63) is 40.8 Å². The summed E-state index contributed by atoms with van der Waals surface area (Å²) in [5.74, 6) is 1.78. The monoisotopic (exact) mass is 480 g/mol. The van der Waals surface area contributed by atoms with Gasteiger partial charge in [-0.3, -0.25) is 9.59 Å². The maximum Gasteiger partial charge on any atom is 0.249 e. The summed E-state index contributed by atoms with van der Waals surface area (Å²) < 4.78 is 6.42. The number of nitrogens with one attached hydrogen (secondary N) is 3. The third-order valence-corrected chi connectivity index (χ3v) is 8.40. The third-order valence-electron chi connectivity index (χ3n) is 8.40. The van der Waals surface area contributed by atoms with Crippen LogP contribution in [0, 0.1) is 5.92 Å². The minimum absolute atomic E-state index is 0.0151. The van der Waals surface area contributed by atoms with Crippen molar-refractivity contribution in [1.82, 2.24) is 20.9 Å². The van der Waals surface area contributed by atoms with Crippen LogP contribution < -0.4 is 20.7 Å². The lowest BCUT2D eigenvalue weighted by atomic mass is 9.83.